The fourth-order valence-corrected chi connectivity index (χ4v) is 6.75. The van der Waals surface area contributed by atoms with Crippen molar-refractivity contribution >= 4 is 46.2 Å². The molecule has 0 spiro atoms. The number of fused-ring (bicyclic) bond motifs is 5. The summed E-state index contributed by atoms with van der Waals surface area (Å²) in [6, 6.07) is 7.69. The molecule has 3 aliphatic rings. The van der Waals surface area contributed by atoms with Crippen LogP contribution in [0.1, 0.15) is 54.0 Å². The van der Waals surface area contributed by atoms with Crippen molar-refractivity contribution in [3.05, 3.63) is 72.9 Å². The van der Waals surface area contributed by atoms with E-state index >= 15 is 0 Å². The minimum atomic E-state index is -0.359. The number of aliphatic hydroxyl groups is 1. The van der Waals surface area contributed by atoms with Crippen molar-refractivity contribution < 1.29 is 14.6 Å². The van der Waals surface area contributed by atoms with Crippen LogP contribution in [0.5, 0.6) is 0 Å². The van der Waals surface area contributed by atoms with E-state index < -0.39 is 0 Å². The second-order valence-electron chi connectivity index (χ2n) is 9.11. The van der Waals surface area contributed by atoms with E-state index in [0.717, 1.165) is 35.1 Å². The Balaban J connectivity index is 1.60. The fraction of sp³-hybridized carbons (Fsp3) is 0.423. The molecule has 5 atom stereocenters. The van der Waals surface area contributed by atoms with Gasteiger partial charge in [-0.25, -0.2) is 0 Å². The van der Waals surface area contributed by atoms with Crippen LogP contribution in [0.4, 0.5) is 0 Å². The van der Waals surface area contributed by atoms with Gasteiger partial charge in [0.05, 0.1) is 39.7 Å². The number of carbonyl (C=O) groups excluding carboxylic acids is 1. The third-order valence-electron chi connectivity index (χ3n) is 7.37. The maximum Gasteiger partial charge on any atom is 0.173 e. The van der Waals surface area contributed by atoms with Crippen LogP contribution in [0.25, 0.3) is 5.57 Å². The molecule has 0 amide bonds. The van der Waals surface area contributed by atoms with Gasteiger partial charge in [0, 0.05) is 10.9 Å². The molecule has 0 saturated carbocycles. The zero-order valence-corrected chi connectivity index (χ0v) is 20.5. The van der Waals surface area contributed by atoms with Gasteiger partial charge in [-0.1, -0.05) is 66.3 Å². The number of benzene rings is 2. The van der Waals surface area contributed by atoms with Gasteiger partial charge in [-0.15, -0.1) is 0 Å². The first kappa shape index (κ1) is 22.3. The zero-order chi connectivity index (χ0) is 22.9. The van der Waals surface area contributed by atoms with Crippen LogP contribution in [0.2, 0.25) is 15.1 Å². The number of Topliss-reactive ketones (excluding diaryl/α,β-unsaturated/α-hetero) is 1. The number of allylic oxidation sites excluding steroid dienone is 1. The highest BCUT2D eigenvalue weighted by Crippen LogP contribution is 2.59. The highest BCUT2D eigenvalue weighted by atomic mass is 35.5. The van der Waals surface area contributed by atoms with E-state index in [1.165, 1.54) is 5.56 Å². The highest BCUT2D eigenvalue weighted by molar-refractivity contribution is 6.43. The number of hydrogen-bond donors (Lipinski definition) is 1. The van der Waals surface area contributed by atoms with Crippen LogP contribution in [-0.2, 0) is 22.4 Å². The van der Waals surface area contributed by atoms with E-state index in [2.05, 4.69) is 32.9 Å². The van der Waals surface area contributed by atoms with E-state index in [-0.39, 0.29) is 41.5 Å². The molecule has 6 heteroatoms. The number of ether oxygens (including phenoxy) is 1. The molecule has 0 aromatic heterocycles. The summed E-state index contributed by atoms with van der Waals surface area (Å²) >= 11 is 18.9. The Kier molecular flexibility index (Phi) is 5.61. The molecule has 2 aliphatic heterocycles. The van der Waals surface area contributed by atoms with Crippen LogP contribution in [0.15, 0.2) is 30.0 Å². The van der Waals surface area contributed by atoms with Crippen molar-refractivity contribution in [3.8, 4) is 0 Å². The average molecular weight is 492 g/mol. The van der Waals surface area contributed by atoms with Gasteiger partial charge in [-0.2, -0.15) is 0 Å². The maximum atomic E-state index is 13.7. The first-order valence-electron chi connectivity index (χ1n) is 11.2. The minimum Gasteiger partial charge on any atom is -0.511 e. The Morgan fingerprint density at radius 1 is 0.969 bits per heavy atom. The first-order chi connectivity index (χ1) is 15.3. The first-order valence-corrected chi connectivity index (χ1v) is 12.3. The molecule has 2 aromatic rings. The maximum absolute atomic E-state index is 13.7. The molecule has 2 aromatic carbocycles. The highest BCUT2D eigenvalue weighted by Gasteiger charge is 2.63. The normalized spacial score (nSPS) is 28.7. The van der Waals surface area contributed by atoms with Crippen molar-refractivity contribution in [2.45, 2.75) is 58.2 Å². The topological polar surface area (TPSA) is 46.5 Å². The molecule has 32 heavy (non-hydrogen) atoms. The Bertz CT molecular complexity index is 1140. The summed E-state index contributed by atoms with van der Waals surface area (Å²) < 4.78 is 6.24. The molecule has 2 heterocycles. The van der Waals surface area contributed by atoms with E-state index in [1.807, 2.05) is 0 Å². The number of rotatable bonds is 4. The summed E-state index contributed by atoms with van der Waals surface area (Å²) in [7, 11) is 0. The van der Waals surface area contributed by atoms with Gasteiger partial charge < -0.3 is 9.84 Å². The van der Waals surface area contributed by atoms with Gasteiger partial charge in [0.25, 0.3) is 0 Å². The molecule has 0 radical (unpaired) electrons. The standard InChI is InChI=1S/C26H25Cl3O3/c1-4-12-6-11(3)7-13(5-2)20(12)22-24(30)21-19-9-15(26(32-19)23(21)25(22)31)14-8-17(28)18(29)10-16(14)27/h6-8,10,15,19,21,23,26,31H,4-5,9H2,1-3H3/t15-,19-,21-,23+,26+/m0/s1. The molecule has 0 unspecified atom stereocenters. The van der Waals surface area contributed by atoms with Crippen LogP contribution in [0.3, 0.4) is 0 Å². The van der Waals surface area contributed by atoms with Crippen LogP contribution < -0.4 is 0 Å². The third-order valence-corrected chi connectivity index (χ3v) is 8.42. The smallest absolute Gasteiger partial charge is 0.173 e. The molecular weight excluding hydrogens is 467 g/mol. The third kappa shape index (κ3) is 3.16. The van der Waals surface area contributed by atoms with E-state index in [1.54, 1.807) is 12.1 Å². The number of hydrogen-bond acceptors (Lipinski definition) is 3. The largest absolute Gasteiger partial charge is 0.511 e. The number of carbonyl (C=O) groups is 1. The van der Waals surface area contributed by atoms with E-state index in [9.17, 15) is 9.90 Å². The van der Waals surface area contributed by atoms with Gasteiger partial charge in [0.1, 0.15) is 5.76 Å². The zero-order valence-electron chi connectivity index (χ0n) is 18.2. The van der Waals surface area contributed by atoms with Crippen molar-refractivity contribution in [2.75, 3.05) is 0 Å². The molecule has 5 rings (SSSR count). The summed E-state index contributed by atoms with van der Waals surface area (Å²) in [5, 5.41) is 12.8. The van der Waals surface area contributed by atoms with Crippen molar-refractivity contribution in [3.63, 3.8) is 0 Å². The summed E-state index contributed by atoms with van der Waals surface area (Å²) in [6.07, 6.45) is 1.71. The van der Waals surface area contributed by atoms with Gasteiger partial charge in [0.2, 0.25) is 0 Å². The number of aliphatic hydroxyl groups excluding tert-OH is 1. The van der Waals surface area contributed by atoms with Crippen molar-refractivity contribution in [1.82, 2.24) is 0 Å². The summed E-state index contributed by atoms with van der Waals surface area (Å²) in [4.78, 5) is 13.7. The summed E-state index contributed by atoms with van der Waals surface area (Å²) in [5.41, 5.74) is 5.66. The molecule has 2 bridgehead atoms. The number of ketones is 1. The molecule has 1 N–H and O–H groups in total. The van der Waals surface area contributed by atoms with Gasteiger partial charge in [0.15, 0.2) is 5.78 Å². The molecule has 3 nitrogen and oxygen atoms in total. The SMILES string of the molecule is CCc1cc(C)cc(CC)c1C1=C(O)[C@@H]2[C@@H]3O[C@@H](C[C@H]3c3cc(Cl)c(Cl)cc3Cl)[C@@H]2C1=O. The molecular formula is C26H25Cl3O3. The van der Waals surface area contributed by atoms with Crippen molar-refractivity contribution in [1.29, 1.82) is 0 Å². The Hall–Kier alpha value is -1.52. The minimum absolute atomic E-state index is 0.00642. The van der Waals surface area contributed by atoms with Crippen LogP contribution in [-0.4, -0.2) is 23.1 Å². The second-order valence-corrected chi connectivity index (χ2v) is 10.3. The van der Waals surface area contributed by atoms with Crippen molar-refractivity contribution in [2.24, 2.45) is 11.8 Å². The van der Waals surface area contributed by atoms with Crippen LogP contribution in [0, 0.1) is 18.8 Å². The second kappa shape index (κ2) is 8.06. The van der Waals surface area contributed by atoms with Gasteiger partial charge >= 0.3 is 0 Å². The Morgan fingerprint density at radius 3 is 2.22 bits per heavy atom. The summed E-state index contributed by atoms with van der Waals surface area (Å²) in [6.45, 7) is 6.25. The van der Waals surface area contributed by atoms with Gasteiger partial charge in [-0.3, -0.25) is 4.79 Å². The molecule has 1 aliphatic carbocycles. The number of halogens is 3. The lowest BCUT2D eigenvalue weighted by atomic mass is 9.72. The van der Waals surface area contributed by atoms with Crippen LogP contribution >= 0.6 is 34.8 Å². The Morgan fingerprint density at radius 2 is 1.59 bits per heavy atom. The quantitative estimate of drug-likeness (QED) is 0.463. The predicted molar refractivity (Wildman–Crippen MR) is 129 cm³/mol. The number of aryl methyl sites for hydroxylation is 3. The molecule has 168 valence electrons. The van der Waals surface area contributed by atoms with E-state index in [4.69, 9.17) is 39.5 Å². The lowest BCUT2D eigenvalue weighted by molar-refractivity contribution is -0.118. The average Bonchev–Trinajstić information content (AvgIpc) is 3.42. The Labute approximate surface area is 203 Å². The lowest BCUT2D eigenvalue weighted by Gasteiger charge is -2.28. The predicted octanol–water partition coefficient (Wildman–Crippen LogP) is 7.12. The van der Waals surface area contributed by atoms with Gasteiger partial charge in [-0.05, 0) is 60.6 Å². The molecule has 2 fully saturated rings. The summed E-state index contributed by atoms with van der Waals surface area (Å²) in [5.74, 6) is -0.577. The molecule has 2 saturated heterocycles. The fourth-order valence-electron chi connectivity index (χ4n) is 6.05. The lowest BCUT2D eigenvalue weighted by Crippen LogP contribution is -2.33. The van der Waals surface area contributed by atoms with E-state index in [0.29, 0.717) is 27.1 Å². The monoisotopic (exact) mass is 490 g/mol.